The predicted molar refractivity (Wildman–Crippen MR) is 82.3 cm³/mol. The number of pyridine rings is 1. The molecule has 1 aromatic rings. The summed E-state index contributed by atoms with van der Waals surface area (Å²) in [5.74, 6) is 0.864. The van der Waals surface area contributed by atoms with Gasteiger partial charge in [-0.05, 0) is 38.3 Å². The van der Waals surface area contributed by atoms with Crippen LogP contribution in [0.5, 0.6) is 0 Å². The Kier molecular flexibility index (Phi) is 5.95. The van der Waals surface area contributed by atoms with Crippen molar-refractivity contribution in [3.8, 4) is 0 Å². The number of nitrogens with one attached hydrogen (secondary N) is 1. The molecular formula is C14H25N3O2S. The van der Waals surface area contributed by atoms with Gasteiger partial charge in [-0.3, -0.25) is 0 Å². The lowest BCUT2D eigenvalue weighted by atomic mass is 10.1. The second kappa shape index (κ2) is 7.04. The molecule has 0 bridgehead atoms. The smallest absolute Gasteiger partial charge is 0.246 e. The molecule has 0 aliphatic heterocycles. The first kappa shape index (κ1) is 16.9. The molecule has 20 heavy (non-hydrogen) atoms. The molecule has 1 unspecified atom stereocenters. The molecule has 0 saturated heterocycles. The standard InChI is InChI=1S/C14H25N3O2S/c1-6-15-14-13(8-7-9-16-14)20(18,19)17(5)12(4)10-11(2)3/h7-9,11-12H,6,10H2,1-5H3,(H,15,16). The Morgan fingerprint density at radius 2 is 2.00 bits per heavy atom. The molecule has 0 aromatic carbocycles. The van der Waals surface area contributed by atoms with Crippen molar-refractivity contribution in [3.05, 3.63) is 18.3 Å². The van der Waals surface area contributed by atoms with Gasteiger partial charge in [0.05, 0.1) is 0 Å². The van der Waals surface area contributed by atoms with E-state index in [1.165, 1.54) is 4.31 Å². The zero-order valence-electron chi connectivity index (χ0n) is 12.9. The number of aromatic nitrogens is 1. The summed E-state index contributed by atoms with van der Waals surface area (Å²) in [5.41, 5.74) is 0. The van der Waals surface area contributed by atoms with E-state index in [1.807, 2.05) is 13.8 Å². The van der Waals surface area contributed by atoms with Crippen molar-refractivity contribution in [2.75, 3.05) is 18.9 Å². The highest BCUT2D eigenvalue weighted by molar-refractivity contribution is 7.89. The van der Waals surface area contributed by atoms with Crippen molar-refractivity contribution in [2.24, 2.45) is 5.92 Å². The largest absolute Gasteiger partial charge is 0.369 e. The van der Waals surface area contributed by atoms with Gasteiger partial charge in [0, 0.05) is 25.8 Å². The molecule has 0 amide bonds. The first-order chi connectivity index (χ1) is 9.30. The van der Waals surface area contributed by atoms with Gasteiger partial charge in [-0.25, -0.2) is 13.4 Å². The van der Waals surface area contributed by atoms with Crippen LogP contribution in [0.25, 0.3) is 0 Å². The summed E-state index contributed by atoms with van der Waals surface area (Å²) in [4.78, 5) is 4.36. The maximum atomic E-state index is 12.7. The third-order valence-electron chi connectivity index (χ3n) is 3.21. The van der Waals surface area contributed by atoms with E-state index >= 15 is 0 Å². The number of hydrogen-bond donors (Lipinski definition) is 1. The van der Waals surface area contributed by atoms with E-state index in [1.54, 1.807) is 25.4 Å². The van der Waals surface area contributed by atoms with Gasteiger partial charge in [0.2, 0.25) is 10.0 Å². The number of rotatable bonds is 7. The molecule has 6 heteroatoms. The van der Waals surface area contributed by atoms with Crippen LogP contribution in [0.2, 0.25) is 0 Å². The summed E-state index contributed by atoms with van der Waals surface area (Å²) in [5, 5.41) is 3.00. The lowest BCUT2D eigenvalue weighted by Crippen LogP contribution is -2.36. The Bertz CT molecular complexity index is 529. The van der Waals surface area contributed by atoms with Crippen LogP contribution >= 0.6 is 0 Å². The van der Waals surface area contributed by atoms with Gasteiger partial charge in [-0.1, -0.05) is 13.8 Å². The van der Waals surface area contributed by atoms with Crippen molar-refractivity contribution < 1.29 is 8.42 Å². The predicted octanol–water partition coefficient (Wildman–Crippen LogP) is 2.57. The molecule has 1 rings (SSSR count). The first-order valence-electron chi connectivity index (χ1n) is 6.97. The van der Waals surface area contributed by atoms with Gasteiger partial charge in [-0.15, -0.1) is 0 Å². The average Bonchev–Trinajstić information content (AvgIpc) is 2.37. The summed E-state index contributed by atoms with van der Waals surface area (Å²) >= 11 is 0. The molecule has 1 atom stereocenters. The average molecular weight is 299 g/mol. The summed E-state index contributed by atoms with van der Waals surface area (Å²) in [6, 6.07) is 3.20. The van der Waals surface area contributed by atoms with E-state index < -0.39 is 10.0 Å². The van der Waals surface area contributed by atoms with E-state index in [0.29, 0.717) is 18.3 Å². The van der Waals surface area contributed by atoms with Crippen LogP contribution in [0.3, 0.4) is 0 Å². The van der Waals surface area contributed by atoms with Gasteiger partial charge < -0.3 is 5.32 Å². The third kappa shape index (κ3) is 3.93. The fraction of sp³-hybridized carbons (Fsp3) is 0.643. The topological polar surface area (TPSA) is 62.3 Å². The number of sulfonamides is 1. The minimum atomic E-state index is -3.53. The van der Waals surface area contributed by atoms with Crippen molar-refractivity contribution >= 4 is 15.8 Å². The maximum absolute atomic E-state index is 12.7. The molecule has 1 aromatic heterocycles. The van der Waals surface area contributed by atoms with Gasteiger partial charge in [0.15, 0.2) is 0 Å². The van der Waals surface area contributed by atoms with Crippen molar-refractivity contribution in [3.63, 3.8) is 0 Å². The highest BCUT2D eigenvalue weighted by Crippen LogP contribution is 2.24. The van der Waals surface area contributed by atoms with Crippen LogP contribution in [-0.2, 0) is 10.0 Å². The van der Waals surface area contributed by atoms with Gasteiger partial charge >= 0.3 is 0 Å². The maximum Gasteiger partial charge on any atom is 0.246 e. The zero-order chi connectivity index (χ0) is 15.3. The molecule has 0 aliphatic rings. The summed E-state index contributed by atoms with van der Waals surface area (Å²) in [7, 11) is -1.90. The van der Waals surface area contributed by atoms with E-state index in [-0.39, 0.29) is 10.9 Å². The Morgan fingerprint density at radius 3 is 2.55 bits per heavy atom. The second-order valence-electron chi connectivity index (χ2n) is 5.38. The lowest BCUT2D eigenvalue weighted by Gasteiger charge is -2.26. The van der Waals surface area contributed by atoms with Crippen LogP contribution < -0.4 is 5.32 Å². The van der Waals surface area contributed by atoms with E-state index in [9.17, 15) is 8.42 Å². The van der Waals surface area contributed by atoms with Crippen LogP contribution in [0, 0.1) is 5.92 Å². The second-order valence-corrected chi connectivity index (χ2v) is 7.35. The summed E-state index contributed by atoms with van der Waals surface area (Å²) < 4.78 is 26.8. The fourth-order valence-electron chi connectivity index (χ4n) is 2.12. The molecule has 0 aliphatic carbocycles. The minimum absolute atomic E-state index is 0.0466. The van der Waals surface area contributed by atoms with Gasteiger partial charge in [0.25, 0.3) is 0 Å². The van der Waals surface area contributed by atoms with Crippen molar-refractivity contribution in [2.45, 2.75) is 45.1 Å². The first-order valence-corrected chi connectivity index (χ1v) is 8.41. The quantitative estimate of drug-likeness (QED) is 0.840. The number of hydrogen-bond acceptors (Lipinski definition) is 4. The number of nitrogens with zero attached hydrogens (tertiary/aromatic N) is 2. The molecule has 5 nitrogen and oxygen atoms in total. The fourth-order valence-corrected chi connectivity index (χ4v) is 3.61. The molecule has 114 valence electrons. The monoisotopic (exact) mass is 299 g/mol. The third-order valence-corrected chi connectivity index (χ3v) is 5.21. The Hall–Kier alpha value is -1.14. The molecule has 0 spiro atoms. The molecule has 0 saturated carbocycles. The highest BCUT2D eigenvalue weighted by Gasteiger charge is 2.28. The Labute approximate surface area is 122 Å². The Balaban J connectivity index is 3.10. The van der Waals surface area contributed by atoms with E-state index in [4.69, 9.17) is 0 Å². The SMILES string of the molecule is CCNc1ncccc1S(=O)(=O)N(C)C(C)CC(C)C. The van der Waals surface area contributed by atoms with Crippen molar-refractivity contribution in [1.29, 1.82) is 0 Å². The van der Waals surface area contributed by atoms with Gasteiger partial charge in [0.1, 0.15) is 10.7 Å². The van der Waals surface area contributed by atoms with Crippen molar-refractivity contribution in [1.82, 2.24) is 9.29 Å². The van der Waals surface area contributed by atoms with Gasteiger partial charge in [-0.2, -0.15) is 4.31 Å². The minimum Gasteiger partial charge on any atom is -0.369 e. The molecule has 1 N–H and O–H groups in total. The van der Waals surface area contributed by atoms with E-state index in [2.05, 4.69) is 24.1 Å². The lowest BCUT2D eigenvalue weighted by molar-refractivity contribution is 0.338. The van der Waals surface area contributed by atoms with Crippen LogP contribution in [0.15, 0.2) is 23.2 Å². The van der Waals surface area contributed by atoms with Crippen LogP contribution in [0.4, 0.5) is 5.82 Å². The zero-order valence-corrected chi connectivity index (χ0v) is 13.7. The molecule has 1 heterocycles. The summed E-state index contributed by atoms with van der Waals surface area (Å²) in [6.07, 6.45) is 2.42. The molecule has 0 fully saturated rings. The molecule has 0 radical (unpaired) electrons. The summed E-state index contributed by atoms with van der Waals surface area (Å²) in [6.45, 7) is 8.65. The van der Waals surface area contributed by atoms with E-state index in [0.717, 1.165) is 6.42 Å². The highest BCUT2D eigenvalue weighted by atomic mass is 32.2. The normalized spacial score (nSPS) is 13.8. The number of anilines is 1. The van der Waals surface area contributed by atoms with Crippen LogP contribution in [-0.4, -0.2) is 37.3 Å². The Morgan fingerprint density at radius 1 is 1.35 bits per heavy atom. The molecular weight excluding hydrogens is 274 g/mol. The van der Waals surface area contributed by atoms with Crippen LogP contribution in [0.1, 0.15) is 34.1 Å².